The zero-order valence-electron chi connectivity index (χ0n) is 13.2. The monoisotopic (exact) mass is 327 g/mol. The summed E-state index contributed by atoms with van der Waals surface area (Å²) < 4.78 is 0. The van der Waals surface area contributed by atoms with E-state index in [1.807, 2.05) is 13.1 Å². The van der Waals surface area contributed by atoms with Crippen molar-refractivity contribution in [2.75, 3.05) is 7.05 Å². The van der Waals surface area contributed by atoms with Crippen LogP contribution in [0, 0.1) is 20.2 Å². The fraction of sp³-hybridized carbons (Fsp3) is 0.294. The van der Waals surface area contributed by atoms with Crippen LogP contribution in [-0.2, 0) is 19.4 Å². The van der Waals surface area contributed by atoms with Gasteiger partial charge in [0.2, 0.25) is 0 Å². The average molecular weight is 327 g/mol. The van der Waals surface area contributed by atoms with Gasteiger partial charge in [0.05, 0.1) is 9.85 Å². The molecule has 1 aliphatic carbocycles. The molecule has 0 heterocycles. The second kappa shape index (κ2) is 6.37. The zero-order valence-corrected chi connectivity index (χ0v) is 13.2. The number of nitro groups is 2. The Morgan fingerprint density at radius 1 is 0.958 bits per heavy atom. The summed E-state index contributed by atoms with van der Waals surface area (Å²) >= 11 is 0. The largest absolute Gasteiger partial charge is 0.299 e. The maximum Gasteiger partial charge on any atom is 0.269 e. The summed E-state index contributed by atoms with van der Waals surface area (Å²) in [5.74, 6) is 0. The first-order chi connectivity index (χ1) is 11.4. The first kappa shape index (κ1) is 16.1. The van der Waals surface area contributed by atoms with Gasteiger partial charge in [-0.3, -0.25) is 25.1 Å². The predicted octanol–water partition coefficient (Wildman–Crippen LogP) is 3.10. The van der Waals surface area contributed by atoms with Crippen molar-refractivity contribution < 1.29 is 9.85 Å². The summed E-state index contributed by atoms with van der Waals surface area (Å²) in [6, 6.07) is 11.9. The molecule has 3 rings (SSSR count). The number of nitrogens with zero attached hydrogens (tertiary/aromatic N) is 3. The summed E-state index contributed by atoms with van der Waals surface area (Å²) in [7, 11) is 2.01. The molecule has 7 nitrogen and oxygen atoms in total. The number of likely N-dealkylation sites (N-methyl/N-ethyl adjacent to an activating group) is 1. The van der Waals surface area contributed by atoms with Crippen molar-refractivity contribution in [1.29, 1.82) is 0 Å². The molecule has 24 heavy (non-hydrogen) atoms. The third-order valence-corrected chi connectivity index (χ3v) is 4.51. The normalized spacial score (nSPS) is 16.2. The van der Waals surface area contributed by atoms with Gasteiger partial charge < -0.3 is 0 Å². The Bertz CT molecular complexity index is 789. The number of fused-ring (bicyclic) bond motifs is 1. The molecule has 0 spiro atoms. The van der Waals surface area contributed by atoms with Gasteiger partial charge in [0, 0.05) is 36.9 Å². The Balaban J connectivity index is 1.67. The highest BCUT2D eigenvalue weighted by molar-refractivity contribution is 5.43. The molecule has 7 heteroatoms. The van der Waals surface area contributed by atoms with Crippen LogP contribution >= 0.6 is 0 Å². The van der Waals surface area contributed by atoms with Gasteiger partial charge in [-0.25, -0.2) is 0 Å². The minimum Gasteiger partial charge on any atom is -0.299 e. The van der Waals surface area contributed by atoms with Gasteiger partial charge in [-0.1, -0.05) is 18.2 Å². The van der Waals surface area contributed by atoms with E-state index in [4.69, 9.17) is 0 Å². The van der Waals surface area contributed by atoms with Crippen LogP contribution in [0.5, 0.6) is 0 Å². The first-order valence-corrected chi connectivity index (χ1v) is 7.64. The van der Waals surface area contributed by atoms with Crippen molar-refractivity contribution in [2.45, 2.75) is 25.4 Å². The molecule has 0 amide bonds. The van der Waals surface area contributed by atoms with Gasteiger partial charge in [0.25, 0.3) is 11.4 Å². The van der Waals surface area contributed by atoms with Crippen LogP contribution in [0.3, 0.4) is 0 Å². The minimum absolute atomic E-state index is 0.0852. The van der Waals surface area contributed by atoms with E-state index in [1.54, 1.807) is 24.3 Å². The Kier molecular flexibility index (Phi) is 4.26. The fourth-order valence-electron chi connectivity index (χ4n) is 3.15. The summed E-state index contributed by atoms with van der Waals surface area (Å²) in [4.78, 5) is 23.0. The summed E-state index contributed by atoms with van der Waals surface area (Å²) in [6.45, 7) is 0.679. The number of nitro benzene ring substituents is 2. The van der Waals surface area contributed by atoms with Crippen molar-refractivity contribution in [3.8, 4) is 0 Å². The molecule has 1 unspecified atom stereocenters. The topological polar surface area (TPSA) is 89.5 Å². The lowest BCUT2D eigenvalue weighted by Crippen LogP contribution is -2.31. The molecule has 2 aromatic carbocycles. The lowest BCUT2D eigenvalue weighted by molar-refractivity contribution is -0.385. The standard InChI is InChI=1S/C17H17N3O4/c1-18(11-12-2-5-15(6-3-12)19(21)22)17-8-13-4-7-16(20(23)24)9-14(13)10-17/h2-7,9,17H,8,10-11H2,1H3. The number of rotatable bonds is 5. The van der Waals surface area contributed by atoms with Gasteiger partial charge in [0.1, 0.15) is 0 Å². The molecule has 0 N–H and O–H groups in total. The van der Waals surface area contributed by atoms with Gasteiger partial charge in [-0.2, -0.15) is 0 Å². The van der Waals surface area contributed by atoms with Crippen molar-refractivity contribution in [2.24, 2.45) is 0 Å². The molecule has 1 atom stereocenters. The highest BCUT2D eigenvalue weighted by Crippen LogP contribution is 2.29. The van der Waals surface area contributed by atoms with E-state index < -0.39 is 4.92 Å². The molecular formula is C17H17N3O4. The zero-order chi connectivity index (χ0) is 17.3. The Labute approximate surface area is 138 Å². The Hall–Kier alpha value is -2.80. The van der Waals surface area contributed by atoms with E-state index in [1.165, 1.54) is 12.1 Å². The number of hydrogen-bond donors (Lipinski definition) is 0. The van der Waals surface area contributed by atoms with E-state index in [0.717, 1.165) is 29.5 Å². The maximum absolute atomic E-state index is 10.9. The maximum atomic E-state index is 10.9. The van der Waals surface area contributed by atoms with Crippen LogP contribution in [0.4, 0.5) is 11.4 Å². The van der Waals surface area contributed by atoms with Gasteiger partial charge in [-0.15, -0.1) is 0 Å². The molecule has 0 aliphatic heterocycles. The molecule has 0 radical (unpaired) electrons. The van der Waals surface area contributed by atoms with Gasteiger partial charge >= 0.3 is 0 Å². The second-order valence-corrected chi connectivity index (χ2v) is 6.11. The van der Waals surface area contributed by atoms with Crippen LogP contribution in [0.25, 0.3) is 0 Å². The lowest BCUT2D eigenvalue weighted by Gasteiger charge is -2.24. The van der Waals surface area contributed by atoms with E-state index in [2.05, 4.69) is 4.90 Å². The van der Waals surface area contributed by atoms with Crippen LogP contribution in [0.15, 0.2) is 42.5 Å². The lowest BCUT2D eigenvalue weighted by atomic mass is 10.1. The van der Waals surface area contributed by atoms with E-state index in [0.29, 0.717) is 6.54 Å². The molecule has 0 fully saturated rings. The quantitative estimate of drug-likeness (QED) is 0.622. The molecule has 2 aromatic rings. The van der Waals surface area contributed by atoms with Crippen LogP contribution in [-0.4, -0.2) is 27.8 Å². The molecule has 1 aliphatic rings. The Morgan fingerprint density at radius 2 is 1.54 bits per heavy atom. The molecular weight excluding hydrogens is 310 g/mol. The second-order valence-electron chi connectivity index (χ2n) is 6.11. The first-order valence-electron chi connectivity index (χ1n) is 7.64. The van der Waals surface area contributed by atoms with Crippen molar-refractivity contribution in [1.82, 2.24) is 4.90 Å². The SMILES string of the molecule is CN(Cc1ccc([N+](=O)[O-])cc1)C1Cc2ccc([N+](=O)[O-])cc2C1. The fourth-order valence-corrected chi connectivity index (χ4v) is 3.15. The predicted molar refractivity (Wildman–Crippen MR) is 88.9 cm³/mol. The van der Waals surface area contributed by atoms with Gasteiger partial charge in [0.15, 0.2) is 0 Å². The summed E-state index contributed by atoms with van der Waals surface area (Å²) in [6.07, 6.45) is 1.64. The van der Waals surface area contributed by atoms with E-state index >= 15 is 0 Å². The van der Waals surface area contributed by atoms with Crippen LogP contribution in [0.2, 0.25) is 0 Å². The van der Waals surface area contributed by atoms with Crippen molar-refractivity contribution in [3.63, 3.8) is 0 Å². The van der Waals surface area contributed by atoms with Crippen LogP contribution < -0.4 is 0 Å². The molecule has 0 bridgehead atoms. The molecule has 0 aromatic heterocycles. The smallest absolute Gasteiger partial charge is 0.269 e. The van der Waals surface area contributed by atoms with E-state index in [-0.39, 0.29) is 22.3 Å². The van der Waals surface area contributed by atoms with Gasteiger partial charge in [-0.05, 0) is 36.6 Å². The minimum atomic E-state index is -0.409. The summed E-state index contributed by atoms with van der Waals surface area (Å²) in [5, 5.41) is 21.6. The third kappa shape index (κ3) is 3.26. The molecule has 0 saturated heterocycles. The highest BCUT2D eigenvalue weighted by atomic mass is 16.6. The van der Waals surface area contributed by atoms with Crippen molar-refractivity contribution >= 4 is 11.4 Å². The average Bonchev–Trinajstić information content (AvgIpc) is 2.98. The van der Waals surface area contributed by atoms with E-state index in [9.17, 15) is 20.2 Å². The number of non-ortho nitro benzene ring substituents is 2. The van der Waals surface area contributed by atoms with Crippen molar-refractivity contribution in [3.05, 3.63) is 79.4 Å². The van der Waals surface area contributed by atoms with Crippen LogP contribution in [0.1, 0.15) is 16.7 Å². The number of hydrogen-bond acceptors (Lipinski definition) is 5. The third-order valence-electron chi connectivity index (χ3n) is 4.51. The molecule has 124 valence electrons. The summed E-state index contributed by atoms with van der Waals surface area (Å²) in [5.41, 5.74) is 3.41. The Morgan fingerprint density at radius 3 is 2.17 bits per heavy atom. The molecule has 0 saturated carbocycles. The highest BCUT2D eigenvalue weighted by Gasteiger charge is 2.26. The number of benzene rings is 2.